The van der Waals surface area contributed by atoms with Gasteiger partial charge in [-0.25, -0.2) is 13.4 Å². The number of benzene rings is 1. The van der Waals surface area contributed by atoms with Crippen molar-refractivity contribution in [3.05, 3.63) is 77.0 Å². The van der Waals surface area contributed by atoms with E-state index in [1.54, 1.807) is 25.4 Å². The summed E-state index contributed by atoms with van der Waals surface area (Å²) < 4.78 is 24.0. The first-order valence-electron chi connectivity index (χ1n) is 10.8. The van der Waals surface area contributed by atoms with Crippen molar-refractivity contribution in [2.75, 3.05) is 18.6 Å². The van der Waals surface area contributed by atoms with Crippen molar-refractivity contribution in [1.82, 2.24) is 20.3 Å². The third kappa shape index (κ3) is 4.78. The van der Waals surface area contributed by atoms with Crippen LogP contribution in [-0.2, 0) is 20.0 Å². The number of amides is 1. The second-order valence-electron chi connectivity index (χ2n) is 8.72. The number of aromatic amines is 1. The molecule has 0 radical (unpaired) electrons. The molecule has 0 atom stereocenters. The van der Waals surface area contributed by atoms with Crippen LogP contribution in [0.25, 0.3) is 22.0 Å². The minimum absolute atomic E-state index is 0.0756. The third-order valence-corrected chi connectivity index (χ3v) is 6.94. The highest BCUT2D eigenvalue weighted by Crippen LogP contribution is 2.30. The molecule has 4 rings (SSSR count). The van der Waals surface area contributed by atoms with Crippen molar-refractivity contribution in [2.45, 2.75) is 24.2 Å². The van der Waals surface area contributed by atoms with Crippen LogP contribution >= 0.6 is 0 Å². The summed E-state index contributed by atoms with van der Waals surface area (Å²) in [6.45, 7) is 3.68. The number of carbonyl (C=O) groups excluding carboxylic acids is 1. The molecule has 0 bridgehead atoms. The Hall–Kier alpha value is -4.05. The van der Waals surface area contributed by atoms with Gasteiger partial charge in [-0.05, 0) is 55.1 Å². The fraction of sp³-hybridized carbons (Fsp3) is 0.200. The Morgan fingerprint density at radius 2 is 1.77 bits per heavy atom. The molecule has 0 aliphatic heterocycles. The number of hydrogen-bond acceptors (Lipinski definition) is 7. The van der Waals surface area contributed by atoms with Crippen molar-refractivity contribution in [3.63, 3.8) is 0 Å². The van der Waals surface area contributed by atoms with Crippen LogP contribution < -0.4 is 16.2 Å². The summed E-state index contributed by atoms with van der Waals surface area (Å²) in [7, 11) is -1.86. The maximum atomic E-state index is 12.6. The molecule has 0 aliphatic rings. The summed E-state index contributed by atoms with van der Waals surface area (Å²) in [6, 6.07) is 12.3. The standard InChI is InChI=1S/C25H25N5O4S/c1-25(2,24(32)26-3)17-5-7-18(8-6-17)29-22-21-15(9-10-28-23(21)31)12-20(30-22)16-11-19(14-27-13-16)35(4,33)34/h5-14H,1-4H3,(H,26,32)(H,28,31)(H,29,30). The summed E-state index contributed by atoms with van der Waals surface area (Å²) in [5, 5.41) is 6.86. The van der Waals surface area contributed by atoms with Crippen LogP contribution in [0.5, 0.6) is 0 Å². The van der Waals surface area contributed by atoms with Crippen LogP contribution in [0.3, 0.4) is 0 Å². The van der Waals surface area contributed by atoms with Crippen LogP contribution in [-0.4, -0.2) is 42.6 Å². The van der Waals surface area contributed by atoms with Crippen LogP contribution in [0.4, 0.5) is 11.5 Å². The van der Waals surface area contributed by atoms with Gasteiger partial charge >= 0.3 is 0 Å². The van der Waals surface area contributed by atoms with Gasteiger partial charge in [0.05, 0.1) is 21.4 Å². The summed E-state index contributed by atoms with van der Waals surface area (Å²) in [4.78, 5) is 36.3. The van der Waals surface area contributed by atoms with E-state index in [4.69, 9.17) is 0 Å². The van der Waals surface area contributed by atoms with E-state index in [0.29, 0.717) is 33.5 Å². The number of carbonyl (C=O) groups is 1. The Labute approximate surface area is 202 Å². The van der Waals surface area contributed by atoms with Crippen molar-refractivity contribution in [3.8, 4) is 11.3 Å². The van der Waals surface area contributed by atoms with Crippen LogP contribution in [0.15, 0.2) is 70.7 Å². The van der Waals surface area contributed by atoms with E-state index in [1.807, 2.05) is 38.1 Å². The van der Waals surface area contributed by atoms with Gasteiger partial charge in [0.25, 0.3) is 5.56 Å². The Balaban J connectivity index is 1.79. The number of anilines is 2. The van der Waals surface area contributed by atoms with E-state index < -0.39 is 15.3 Å². The normalized spacial score (nSPS) is 11.9. The Morgan fingerprint density at radius 1 is 1.06 bits per heavy atom. The second-order valence-corrected chi connectivity index (χ2v) is 10.7. The molecular weight excluding hydrogens is 466 g/mol. The van der Waals surface area contributed by atoms with Gasteiger partial charge in [-0.2, -0.15) is 0 Å². The number of sulfone groups is 1. The first kappa shape index (κ1) is 24.1. The zero-order chi connectivity index (χ0) is 25.4. The average Bonchev–Trinajstić information content (AvgIpc) is 2.83. The highest BCUT2D eigenvalue weighted by molar-refractivity contribution is 7.90. The number of likely N-dealkylation sites (N-methyl/N-ethyl adjacent to an activating group) is 1. The minimum atomic E-state index is -3.45. The number of aromatic nitrogens is 3. The van der Waals surface area contributed by atoms with Gasteiger partial charge in [0.1, 0.15) is 5.82 Å². The largest absolute Gasteiger partial charge is 0.358 e. The molecule has 4 aromatic rings. The number of rotatable bonds is 6. The fourth-order valence-corrected chi connectivity index (χ4v) is 4.36. The predicted octanol–water partition coefficient (Wildman–Crippen LogP) is 3.16. The minimum Gasteiger partial charge on any atom is -0.358 e. The first-order chi connectivity index (χ1) is 16.5. The second kappa shape index (κ2) is 8.95. The van der Waals surface area contributed by atoms with Crippen molar-refractivity contribution in [2.24, 2.45) is 0 Å². The summed E-state index contributed by atoms with van der Waals surface area (Å²) in [6.07, 6.45) is 5.46. The smallest absolute Gasteiger partial charge is 0.259 e. The predicted molar refractivity (Wildman–Crippen MR) is 136 cm³/mol. The number of H-pyrrole nitrogens is 1. The van der Waals surface area contributed by atoms with Gasteiger partial charge in [-0.15, -0.1) is 0 Å². The van der Waals surface area contributed by atoms with Gasteiger partial charge < -0.3 is 15.6 Å². The van der Waals surface area contributed by atoms with E-state index in [9.17, 15) is 18.0 Å². The van der Waals surface area contributed by atoms with E-state index in [1.165, 1.54) is 18.5 Å². The lowest BCUT2D eigenvalue weighted by Crippen LogP contribution is -2.37. The maximum absolute atomic E-state index is 12.6. The lowest BCUT2D eigenvalue weighted by molar-refractivity contribution is -0.125. The van der Waals surface area contributed by atoms with E-state index in [2.05, 4.69) is 25.6 Å². The zero-order valence-electron chi connectivity index (χ0n) is 19.7. The van der Waals surface area contributed by atoms with Gasteiger partial charge in [0.15, 0.2) is 9.84 Å². The molecule has 0 aliphatic carbocycles. The number of pyridine rings is 3. The monoisotopic (exact) mass is 491 g/mol. The molecule has 10 heteroatoms. The van der Waals surface area contributed by atoms with Crippen molar-refractivity contribution < 1.29 is 13.2 Å². The molecule has 0 spiro atoms. The molecular formula is C25H25N5O4S. The molecule has 1 aromatic carbocycles. The SMILES string of the molecule is CNC(=O)C(C)(C)c1ccc(Nc2nc(-c3cncc(S(C)(=O)=O)c3)cc3cc[nH]c(=O)c23)cc1. The van der Waals surface area contributed by atoms with Gasteiger partial charge in [-0.1, -0.05) is 12.1 Å². The lowest BCUT2D eigenvalue weighted by atomic mass is 9.83. The summed E-state index contributed by atoms with van der Waals surface area (Å²) in [5.74, 6) is 0.206. The van der Waals surface area contributed by atoms with E-state index in [0.717, 1.165) is 11.8 Å². The first-order valence-corrected chi connectivity index (χ1v) is 12.7. The molecule has 3 N–H and O–H groups in total. The molecule has 0 saturated heterocycles. The highest BCUT2D eigenvalue weighted by atomic mass is 32.2. The molecule has 0 fully saturated rings. The number of nitrogens with zero attached hydrogens (tertiary/aromatic N) is 2. The summed E-state index contributed by atoms with van der Waals surface area (Å²) >= 11 is 0. The third-order valence-electron chi connectivity index (χ3n) is 5.86. The van der Waals surface area contributed by atoms with Gasteiger partial charge in [-0.3, -0.25) is 14.6 Å². The molecule has 0 unspecified atom stereocenters. The van der Waals surface area contributed by atoms with Crippen LogP contribution in [0, 0.1) is 0 Å². The average molecular weight is 492 g/mol. The number of fused-ring (bicyclic) bond motifs is 1. The molecule has 35 heavy (non-hydrogen) atoms. The maximum Gasteiger partial charge on any atom is 0.259 e. The highest BCUT2D eigenvalue weighted by Gasteiger charge is 2.28. The zero-order valence-corrected chi connectivity index (χ0v) is 20.5. The molecule has 0 saturated carbocycles. The molecule has 1 amide bonds. The summed E-state index contributed by atoms with van der Waals surface area (Å²) in [5.41, 5.74) is 1.42. The Kier molecular flexibility index (Phi) is 6.16. The molecule has 9 nitrogen and oxygen atoms in total. The van der Waals surface area contributed by atoms with Crippen LogP contribution in [0.1, 0.15) is 19.4 Å². The van der Waals surface area contributed by atoms with E-state index >= 15 is 0 Å². The van der Waals surface area contributed by atoms with Crippen LogP contribution in [0.2, 0.25) is 0 Å². The topological polar surface area (TPSA) is 134 Å². The van der Waals surface area contributed by atoms with E-state index in [-0.39, 0.29) is 16.4 Å². The van der Waals surface area contributed by atoms with Crippen molar-refractivity contribution >= 4 is 38.0 Å². The quantitative estimate of drug-likeness (QED) is 0.377. The Bertz CT molecular complexity index is 1590. The molecule has 3 aromatic heterocycles. The number of hydrogen-bond donors (Lipinski definition) is 3. The Morgan fingerprint density at radius 3 is 2.43 bits per heavy atom. The van der Waals surface area contributed by atoms with Crippen molar-refractivity contribution in [1.29, 1.82) is 0 Å². The van der Waals surface area contributed by atoms with Gasteiger partial charge in [0.2, 0.25) is 5.91 Å². The van der Waals surface area contributed by atoms with Gasteiger partial charge in [0, 0.05) is 43.1 Å². The number of nitrogens with one attached hydrogen (secondary N) is 3. The molecule has 3 heterocycles. The molecule has 180 valence electrons. The lowest BCUT2D eigenvalue weighted by Gasteiger charge is -2.23. The fourth-order valence-electron chi connectivity index (χ4n) is 3.76.